The van der Waals surface area contributed by atoms with Crippen LogP contribution in [0.25, 0.3) is 0 Å². The lowest BCUT2D eigenvalue weighted by Gasteiger charge is -2.32. The summed E-state index contributed by atoms with van der Waals surface area (Å²) in [5.41, 5.74) is 1.03. The fourth-order valence-corrected chi connectivity index (χ4v) is 3.71. The summed E-state index contributed by atoms with van der Waals surface area (Å²) in [5, 5.41) is 3.04. The van der Waals surface area contributed by atoms with Crippen LogP contribution in [0.1, 0.15) is 45.2 Å². The van der Waals surface area contributed by atoms with Crippen LogP contribution in [0.15, 0.2) is 12.5 Å². The number of hydrogen-bond donors (Lipinski definition) is 1. The largest absolute Gasteiger partial charge is 0.368 e. The van der Waals surface area contributed by atoms with Crippen LogP contribution >= 0.6 is 0 Å². The number of ether oxygens (including phenoxy) is 1. The van der Waals surface area contributed by atoms with Crippen molar-refractivity contribution in [3.8, 4) is 0 Å². The molecule has 3 rings (SSSR count). The van der Waals surface area contributed by atoms with E-state index in [0.29, 0.717) is 32.2 Å². The fraction of sp³-hybridized carbons (Fsp3) is 0.737. The molecule has 1 aromatic heterocycles. The number of aromatic nitrogens is 2. The lowest BCUT2D eigenvalue weighted by Crippen LogP contribution is -2.46. The van der Waals surface area contributed by atoms with Crippen LogP contribution in [0.5, 0.6) is 0 Å². The minimum Gasteiger partial charge on any atom is -0.368 e. The third kappa shape index (κ3) is 4.63. The zero-order chi connectivity index (χ0) is 18.5. The van der Waals surface area contributed by atoms with E-state index in [4.69, 9.17) is 4.74 Å². The number of carbonyl (C=O) groups excluding carboxylic acids is 2. The van der Waals surface area contributed by atoms with Crippen LogP contribution in [0.4, 0.5) is 0 Å². The first-order valence-electron chi connectivity index (χ1n) is 9.71. The van der Waals surface area contributed by atoms with Gasteiger partial charge in [-0.05, 0) is 31.6 Å². The van der Waals surface area contributed by atoms with Gasteiger partial charge in [0.05, 0.1) is 18.6 Å². The number of hydrogen-bond acceptors (Lipinski definition) is 4. The second-order valence-corrected chi connectivity index (χ2v) is 7.75. The van der Waals surface area contributed by atoms with Crippen LogP contribution in [-0.2, 0) is 27.4 Å². The Bertz CT molecular complexity index is 614. The molecule has 3 heterocycles. The minimum absolute atomic E-state index is 0.0231. The molecule has 0 spiro atoms. The Balaban J connectivity index is 1.44. The van der Waals surface area contributed by atoms with E-state index in [1.807, 2.05) is 17.4 Å². The third-order valence-electron chi connectivity index (χ3n) is 5.19. The van der Waals surface area contributed by atoms with Gasteiger partial charge in [0.1, 0.15) is 6.10 Å². The molecule has 0 unspecified atom stereocenters. The topological polar surface area (TPSA) is 76.5 Å². The van der Waals surface area contributed by atoms with Crippen LogP contribution < -0.4 is 5.32 Å². The molecule has 0 saturated carbocycles. The van der Waals surface area contributed by atoms with Crippen LogP contribution in [0.2, 0.25) is 0 Å². The van der Waals surface area contributed by atoms with Crippen molar-refractivity contribution in [1.82, 2.24) is 19.8 Å². The van der Waals surface area contributed by atoms with Crippen molar-refractivity contribution in [1.29, 1.82) is 0 Å². The number of nitrogens with zero attached hydrogens (tertiary/aromatic N) is 3. The lowest BCUT2D eigenvalue weighted by molar-refractivity contribution is -0.143. The van der Waals surface area contributed by atoms with E-state index >= 15 is 0 Å². The van der Waals surface area contributed by atoms with Gasteiger partial charge in [0.2, 0.25) is 5.91 Å². The van der Waals surface area contributed by atoms with Crippen LogP contribution in [0, 0.1) is 11.8 Å². The molecule has 1 atom stereocenters. The monoisotopic (exact) mass is 362 g/mol. The Morgan fingerprint density at radius 2 is 2.08 bits per heavy atom. The summed E-state index contributed by atoms with van der Waals surface area (Å²) >= 11 is 0. The average Bonchev–Trinajstić information content (AvgIpc) is 3.31. The molecule has 2 aliphatic rings. The highest BCUT2D eigenvalue weighted by atomic mass is 16.5. The number of carbonyl (C=O) groups is 2. The number of amides is 2. The molecule has 2 fully saturated rings. The Morgan fingerprint density at radius 3 is 2.73 bits per heavy atom. The standard InChI is InChI=1S/C19H30N4O3/c1-14(2)12-23-13-20-10-16(23)11-21-18(24)15-5-7-22(8-6-15)19(25)17-4-3-9-26-17/h10,13-15,17H,3-9,11-12H2,1-2H3,(H,21,24)/t17-/m1/s1. The van der Waals surface area contributed by atoms with Crippen molar-refractivity contribution in [3.63, 3.8) is 0 Å². The summed E-state index contributed by atoms with van der Waals surface area (Å²) in [5.74, 6) is 0.680. The molecule has 144 valence electrons. The minimum atomic E-state index is -0.262. The van der Waals surface area contributed by atoms with E-state index in [2.05, 4.69) is 28.7 Å². The van der Waals surface area contributed by atoms with Gasteiger partial charge in [0, 0.05) is 38.4 Å². The van der Waals surface area contributed by atoms with Gasteiger partial charge in [0.25, 0.3) is 5.91 Å². The number of piperidine rings is 1. The van der Waals surface area contributed by atoms with Crippen molar-refractivity contribution in [2.75, 3.05) is 19.7 Å². The van der Waals surface area contributed by atoms with Crippen LogP contribution in [-0.4, -0.2) is 52.1 Å². The molecule has 0 bridgehead atoms. The maximum Gasteiger partial charge on any atom is 0.251 e. The summed E-state index contributed by atoms with van der Waals surface area (Å²) in [4.78, 5) is 30.9. The molecule has 0 aliphatic carbocycles. The maximum absolute atomic E-state index is 12.5. The normalized spacial score (nSPS) is 21.3. The first-order valence-corrected chi connectivity index (χ1v) is 9.71. The van der Waals surface area contributed by atoms with E-state index in [1.165, 1.54) is 0 Å². The van der Waals surface area contributed by atoms with Crippen molar-refractivity contribution in [3.05, 3.63) is 18.2 Å². The van der Waals surface area contributed by atoms with E-state index in [1.54, 1.807) is 0 Å². The van der Waals surface area contributed by atoms with E-state index in [0.717, 1.165) is 37.9 Å². The molecule has 1 N–H and O–H groups in total. The van der Waals surface area contributed by atoms with E-state index in [-0.39, 0.29) is 23.8 Å². The summed E-state index contributed by atoms with van der Waals surface area (Å²) in [6, 6.07) is 0. The van der Waals surface area contributed by atoms with Gasteiger partial charge < -0.3 is 19.5 Å². The molecular formula is C19H30N4O3. The summed E-state index contributed by atoms with van der Waals surface area (Å²) < 4.78 is 7.57. The van der Waals surface area contributed by atoms with Crippen molar-refractivity contribution in [2.45, 2.75) is 58.7 Å². The molecule has 0 radical (unpaired) electrons. The fourth-order valence-electron chi connectivity index (χ4n) is 3.71. The Hall–Kier alpha value is -1.89. The quantitative estimate of drug-likeness (QED) is 0.833. The number of rotatable bonds is 6. The molecule has 2 saturated heterocycles. The molecule has 7 nitrogen and oxygen atoms in total. The number of likely N-dealkylation sites (tertiary alicyclic amines) is 1. The maximum atomic E-state index is 12.5. The zero-order valence-corrected chi connectivity index (χ0v) is 15.8. The lowest BCUT2D eigenvalue weighted by atomic mass is 9.95. The van der Waals surface area contributed by atoms with Gasteiger partial charge >= 0.3 is 0 Å². The average molecular weight is 362 g/mol. The molecule has 2 amide bonds. The van der Waals surface area contributed by atoms with Crippen molar-refractivity contribution < 1.29 is 14.3 Å². The number of nitrogens with one attached hydrogen (secondary N) is 1. The van der Waals surface area contributed by atoms with Crippen molar-refractivity contribution >= 4 is 11.8 Å². The molecule has 0 aromatic carbocycles. The van der Waals surface area contributed by atoms with Gasteiger partial charge in [-0.3, -0.25) is 9.59 Å². The Labute approximate surface area is 155 Å². The molecule has 26 heavy (non-hydrogen) atoms. The molecule has 2 aliphatic heterocycles. The van der Waals surface area contributed by atoms with Crippen LogP contribution in [0.3, 0.4) is 0 Å². The van der Waals surface area contributed by atoms with Crippen molar-refractivity contribution in [2.24, 2.45) is 11.8 Å². The predicted molar refractivity (Wildman–Crippen MR) is 97.2 cm³/mol. The van der Waals surface area contributed by atoms with E-state index in [9.17, 15) is 9.59 Å². The van der Waals surface area contributed by atoms with Gasteiger partial charge in [0.15, 0.2) is 0 Å². The molecule has 1 aromatic rings. The summed E-state index contributed by atoms with van der Waals surface area (Å²) in [7, 11) is 0. The highest BCUT2D eigenvalue weighted by Gasteiger charge is 2.32. The second kappa shape index (κ2) is 8.66. The molecule has 7 heteroatoms. The highest BCUT2D eigenvalue weighted by molar-refractivity contribution is 5.82. The molecular weight excluding hydrogens is 332 g/mol. The zero-order valence-electron chi connectivity index (χ0n) is 15.8. The predicted octanol–water partition coefficient (Wildman–Crippen LogP) is 1.57. The highest BCUT2D eigenvalue weighted by Crippen LogP contribution is 2.21. The van der Waals surface area contributed by atoms with Gasteiger partial charge in [-0.25, -0.2) is 4.98 Å². The Morgan fingerprint density at radius 1 is 1.31 bits per heavy atom. The first-order chi connectivity index (χ1) is 12.5. The summed E-state index contributed by atoms with van der Waals surface area (Å²) in [6.45, 7) is 7.68. The number of imidazole rings is 1. The third-order valence-corrected chi connectivity index (χ3v) is 5.19. The smallest absolute Gasteiger partial charge is 0.251 e. The van der Waals surface area contributed by atoms with Gasteiger partial charge in [-0.15, -0.1) is 0 Å². The van der Waals surface area contributed by atoms with Gasteiger partial charge in [-0.2, -0.15) is 0 Å². The first kappa shape index (κ1) is 18.9. The SMILES string of the molecule is CC(C)Cn1cncc1CNC(=O)C1CCN(C(=O)[C@H]2CCCO2)CC1. The Kier molecular flexibility index (Phi) is 6.29. The van der Waals surface area contributed by atoms with Gasteiger partial charge in [-0.1, -0.05) is 13.8 Å². The van der Waals surface area contributed by atoms with E-state index < -0.39 is 0 Å². The summed E-state index contributed by atoms with van der Waals surface area (Å²) in [6.07, 6.45) is 6.58. The second-order valence-electron chi connectivity index (χ2n) is 7.75.